The first-order chi connectivity index (χ1) is 14.0. The van der Waals surface area contributed by atoms with Crippen molar-refractivity contribution in [2.45, 2.75) is 13.3 Å². The third-order valence-corrected chi connectivity index (χ3v) is 5.58. The molecule has 9 heteroatoms. The molecule has 0 N–H and O–H groups in total. The number of anilines is 2. The Balaban J connectivity index is 1.48. The van der Waals surface area contributed by atoms with E-state index in [9.17, 15) is 9.59 Å². The number of aromatic nitrogens is 4. The van der Waals surface area contributed by atoms with Crippen molar-refractivity contribution in [1.82, 2.24) is 24.1 Å². The number of carbonyl (C=O) groups is 1. The van der Waals surface area contributed by atoms with E-state index in [1.165, 1.54) is 9.08 Å². The maximum absolute atomic E-state index is 12.8. The smallest absolute Gasteiger partial charge is 0.350 e. The second-order valence-electron chi connectivity index (χ2n) is 7.71. The fraction of sp³-hybridized carbons (Fsp3) is 0.400. The normalized spacial score (nSPS) is 18.8. The van der Waals surface area contributed by atoms with E-state index < -0.39 is 0 Å². The second kappa shape index (κ2) is 6.61. The number of fused-ring (bicyclic) bond motifs is 2. The van der Waals surface area contributed by atoms with Gasteiger partial charge in [0, 0.05) is 44.3 Å². The number of ether oxygens (including phenoxy) is 1. The Kier molecular flexibility index (Phi) is 4.04. The van der Waals surface area contributed by atoms with Gasteiger partial charge in [0.05, 0.1) is 12.1 Å². The van der Waals surface area contributed by atoms with E-state index in [1.54, 1.807) is 25.5 Å². The highest BCUT2D eigenvalue weighted by molar-refractivity contribution is 5.95. The van der Waals surface area contributed by atoms with Gasteiger partial charge in [-0.15, -0.1) is 0 Å². The van der Waals surface area contributed by atoms with Crippen LogP contribution in [0.15, 0.2) is 35.4 Å². The molecule has 3 aromatic rings. The molecule has 2 aliphatic heterocycles. The lowest BCUT2D eigenvalue weighted by Gasteiger charge is -2.30. The van der Waals surface area contributed by atoms with Crippen LogP contribution < -0.4 is 15.3 Å². The molecule has 9 nitrogen and oxygen atoms in total. The van der Waals surface area contributed by atoms with Crippen LogP contribution in [-0.4, -0.2) is 56.2 Å². The Morgan fingerprint density at radius 1 is 1.28 bits per heavy atom. The Labute approximate surface area is 167 Å². The predicted molar refractivity (Wildman–Crippen MR) is 107 cm³/mol. The van der Waals surface area contributed by atoms with Gasteiger partial charge >= 0.3 is 5.69 Å². The molecule has 0 saturated carbocycles. The van der Waals surface area contributed by atoms with Crippen molar-refractivity contribution in [3.63, 3.8) is 0 Å². The number of hydrogen-bond donors (Lipinski definition) is 0. The van der Waals surface area contributed by atoms with E-state index in [-0.39, 0.29) is 11.6 Å². The number of likely N-dealkylation sites (tertiary alicyclic amines) is 1. The van der Waals surface area contributed by atoms with Gasteiger partial charge in [0.2, 0.25) is 0 Å². The number of nitrogens with zero attached hydrogens (tertiary/aromatic N) is 6. The third kappa shape index (κ3) is 2.93. The lowest BCUT2D eigenvalue weighted by Crippen LogP contribution is -2.31. The highest BCUT2D eigenvalue weighted by atomic mass is 16.5. The molecule has 1 amide bonds. The summed E-state index contributed by atoms with van der Waals surface area (Å²) in [4.78, 5) is 33.3. The molecule has 0 spiro atoms. The molecule has 1 fully saturated rings. The summed E-state index contributed by atoms with van der Waals surface area (Å²) in [6.07, 6.45) is 4.37. The van der Waals surface area contributed by atoms with E-state index in [4.69, 9.17) is 4.74 Å². The van der Waals surface area contributed by atoms with Crippen LogP contribution >= 0.6 is 0 Å². The van der Waals surface area contributed by atoms with Gasteiger partial charge in [0.1, 0.15) is 6.61 Å². The summed E-state index contributed by atoms with van der Waals surface area (Å²) in [5.41, 5.74) is 1.79. The SMILES string of the molecule is C[C@H]1CCN(C(=O)c2cnc3c(c2)OCCN3c2ccn3c(=O)n(C)nc3c2)C1. The van der Waals surface area contributed by atoms with Gasteiger partial charge in [-0.25, -0.2) is 14.5 Å². The Bertz CT molecular complexity index is 1170. The van der Waals surface area contributed by atoms with Gasteiger partial charge in [0.15, 0.2) is 17.2 Å². The molecular formula is C20H22N6O3. The maximum atomic E-state index is 12.8. The van der Waals surface area contributed by atoms with Gasteiger partial charge in [0.25, 0.3) is 5.91 Å². The zero-order chi connectivity index (χ0) is 20.1. The standard InChI is InChI=1S/C20H22N6O3/c1-13-3-5-24(12-13)19(27)14-9-16-18(21-11-14)25(7-8-29-16)15-4-6-26-17(10-15)22-23(2)20(26)28/h4,6,9-11,13H,3,5,7-8,12H2,1-2H3/t13-/m0/s1. The summed E-state index contributed by atoms with van der Waals surface area (Å²) in [5, 5.41) is 4.25. The maximum Gasteiger partial charge on any atom is 0.350 e. The molecule has 0 aromatic carbocycles. The largest absolute Gasteiger partial charge is 0.488 e. The van der Waals surface area contributed by atoms with Crippen LogP contribution in [0.3, 0.4) is 0 Å². The predicted octanol–water partition coefficient (Wildman–Crippen LogP) is 1.44. The van der Waals surface area contributed by atoms with Crippen LogP contribution in [0.5, 0.6) is 5.75 Å². The minimum atomic E-state index is -0.188. The molecule has 0 unspecified atom stereocenters. The van der Waals surface area contributed by atoms with E-state index in [1.807, 2.05) is 21.9 Å². The summed E-state index contributed by atoms with van der Waals surface area (Å²) in [7, 11) is 1.63. The monoisotopic (exact) mass is 394 g/mol. The topological polar surface area (TPSA) is 85.0 Å². The molecule has 0 aliphatic carbocycles. The number of rotatable bonds is 2. The van der Waals surface area contributed by atoms with Gasteiger partial charge in [-0.2, -0.15) is 5.10 Å². The van der Waals surface area contributed by atoms with Crippen LogP contribution in [0.2, 0.25) is 0 Å². The molecule has 5 rings (SSSR count). The molecule has 1 atom stereocenters. The summed E-state index contributed by atoms with van der Waals surface area (Å²) in [5.74, 6) is 1.78. The molecule has 3 aromatic heterocycles. The Morgan fingerprint density at radius 3 is 2.93 bits per heavy atom. The molecule has 2 aliphatic rings. The van der Waals surface area contributed by atoms with E-state index in [0.29, 0.717) is 41.8 Å². The summed E-state index contributed by atoms with van der Waals surface area (Å²) in [6.45, 7) is 4.82. The minimum absolute atomic E-state index is 0.000321. The quantitative estimate of drug-likeness (QED) is 0.654. The fourth-order valence-corrected chi connectivity index (χ4v) is 4.01. The van der Waals surface area contributed by atoms with Crippen LogP contribution in [0, 0.1) is 5.92 Å². The van der Waals surface area contributed by atoms with Crippen LogP contribution in [0.1, 0.15) is 23.7 Å². The van der Waals surface area contributed by atoms with E-state index >= 15 is 0 Å². The zero-order valence-electron chi connectivity index (χ0n) is 16.4. The Hall–Kier alpha value is -3.36. The van der Waals surface area contributed by atoms with Gasteiger partial charge in [-0.3, -0.25) is 9.20 Å². The van der Waals surface area contributed by atoms with Gasteiger partial charge < -0.3 is 14.5 Å². The summed E-state index contributed by atoms with van der Waals surface area (Å²) in [6, 6.07) is 5.49. The number of pyridine rings is 2. The number of aryl methyl sites for hydroxylation is 1. The number of carbonyl (C=O) groups excluding carboxylic acids is 1. The lowest BCUT2D eigenvalue weighted by molar-refractivity contribution is 0.0787. The summed E-state index contributed by atoms with van der Waals surface area (Å²) < 4.78 is 8.62. The molecule has 0 bridgehead atoms. The van der Waals surface area contributed by atoms with Crippen molar-refractivity contribution in [1.29, 1.82) is 0 Å². The van der Waals surface area contributed by atoms with Crippen molar-refractivity contribution >= 4 is 23.1 Å². The molecule has 5 heterocycles. The highest BCUT2D eigenvalue weighted by Gasteiger charge is 2.27. The first-order valence-electron chi connectivity index (χ1n) is 9.76. The van der Waals surface area contributed by atoms with Crippen molar-refractivity contribution in [2.24, 2.45) is 13.0 Å². The molecule has 150 valence electrons. The Morgan fingerprint density at radius 2 is 2.14 bits per heavy atom. The third-order valence-electron chi connectivity index (χ3n) is 5.58. The first kappa shape index (κ1) is 17.7. The first-order valence-corrected chi connectivity index (χ1v) is 9.76. The van der Waals surface area contributed by atoms with Crippen LogP contribution in [0.4, 0.5) is 11.5 Å². The van der Waals surface area contributed by atoms with Gasteiger partial charge in [-0.05, 0) is 24.5 Å². The molecule has 1 saturated heterocycles. The van der Waals surface area contributed by atoms with Gasteiger partial charge in [-0.1, -0.05) is 6.92 Å². The van der Waals surface area contributed by atoms with E-state index in [2.05, 4.69) is 17.0 Å². The number of hydrogen-bond acceptors (Lipinski definition) is 6. The van der Waals surface area contributed by atoms with Crippen LogP contribution in [0.25, 0.3) is 5.65 Å². The average molecular weight is 394 g/mol. The second-order valence-corrected chi connectivity index (χ2v) is 7.71. The van der Waals surface area contributed by atoms with Crippen molar-refractivity contribution in [2.75, 3.05) is 31.1 Å². The molecular weight excluding hydrogens is 372 g/mol. The average Bonchev–Trinajstić information content (AvgIpc) is 3.29. The highest BCUT2D eigenvalue weighted by Crippen LogP contribution is 2.35. The van der Waals surface area contributed by atoms with E-state index in [0.717, 1.165) is 25.2 Å². The number of amides is 1. The van der Waals surface area contributed by atoms with Crippen molar-refractivity contribution < 1.29 is 9.53 Å². The molecule has 29 heavy (non-hydrogen) atoms. The summed E-state index contributed by atoms with van der Waals surface area (Å²) >= 11 is 0. The zero-order valence-corrected chi connectivity index (χ0v) is 16.4. The lowest BCUT2D eigenvalue weighted by atomic mass is 10.2. The minimum Gasteiger partial charge on any atom is -0.488 e. The van der Waals surface area contributed by atoms with Crippen LogP contribution in [-0.2, 0) is 7.05 Å². The van der Waals surface area contributed by atoms with Crippen molar-refractivity contribution in [3.05, 3.63) is 46.6 Å². The van der Waals surface area contributed by atoms with Crippen molar-refractivity contribution in [3.8, 4) is 5.75 Å². The fourth-order valence-electron chi connectivity index (χ4n) is 4.01. The molecule has 0 radical (unpaired) electrons.